The standard InChI is InChI=1S/C11H21N3OS/c1-9(8-15-3)7-11-14-13-10(16-11)5-4-6-12-2/h9,12H,4-8H2,1-3H3. The molecule has 0 aromatic carbocycles. The van der Waals surface area contributed by atoms with E-state index in [0.717, 1.165) is 42.4 Å². The molecule has 0 aliphatic heterocycles. The van der Waals surface area contributed by atoms with E-state index < -0.39 is 0 Å². The van der Waals surface area contributed by atoms with Gasteiger partial charge in [-0.2, -0.15) is 0 Å². The predicted molar refractivity (Wildman–Crippen MR) is 66.9 cm³/mol. The molecular weight excluding hydrogens is 222 g/mol. The van der Waals surface area contributed by atoms with Crippen molar-refractivity contribution in [2.24, 2.45) is 5.92 Å². The summed E-state index contributed by atoms with van der Waals surface area (Å²) in [5.41, 5.74) is 0. The van der Waals surface area contributed by atoms with Gasteiger partial charge in [0.1, 0.15) is 10.0 Å². The number of nitrogens with zero attached hydrogens (tertiary/aromatic N) is 2. The zero-order valence-corrected chi connectivity index (χ0v) is 11.1. The molecule has 0 radical (unpaired) electrons. The van der Waals surface area contributed by atoms with Gasteiger partial charge in [-0.1, -0.05) is 6.92 Å². The summed E-state index contributed by atoms with van der Waals surface area (Å²) in [5, 5.41) is 13.8. The summed E-state index contributed by atoms with van der Waals surface area (Å²) in [5.74, 6) is 0.517. The molecule has 0 aliphatic carbocycles. The number of rotatable bonds is 8. The van der Waals surface area contributed by atoms with Crippen LogP contribution in [0, 0.1) is 5.92 Å². The van der Waals surface area contributed by atoms with Gasteiger partial charge >= 0.3 is 0 Å². The van der Waals surface area contributed by atoms with E-state index in [1.165, 1.54) is 0 Å². The molecule has 0 amide bonds. The van der Waals surface area contributed by atoms with Gasteiger partial charge in [-0.15, -0.1) is 21.5 Å². The molecule has 4 nitrogen and oxygen atoms in total. The van der Waals surface area contributed by atoms with Crippen molar-refractivity contribution >= 4 is 11.3 Å². The highest BCUT2D eigenvalue weighted by atomic mass is 32.1. The summed E-state index contributed by atoms with van der Waals surface area (Å²) in [6.07, 6.45) is 3.12. The fourth-order valence-corrected chi connectivity index (χ4v) is 2.58. The first kappa shape index (κ1) is 13.5. The Morgan fingerprint density at radius 2 is 2.12 bits per heavy atom. The molecule has 1 unspecified atom stereocenters. The van der Waals surface area contributed by atoms with E-state index in [2.05, 4.69) is 22.4 Å². The summed E-state index contributed by atoms with van der Waals surface area (Å²) >= 11 is 1.73. The van der Waals surface area contributed by atoms with Crippen LogP contribution in [0.1, 0.15) is 23.4 Å². The molecule has 1 aromatic rings. The lowest BCUT2D eigenvalue weighted by Crippen LogP contribution is -2.08. The van der Waals surface area contributed by atoms with Crippen molar-refractivity contribution < 1.29 is 4.74 Å². The van der Waals surface area contributed by atoms with Crippen molar-refractivity contribution in [1.82, 2.24) is 15.5 Å². The number of aromatic nitrogens is 2. The molecule has 1 atom stereocenters. The average Bonchev–Trinajstić information content (AvgIpc) is 2.66. The second-order valence-corrected chi connectivity index (χ2v) is 5.21. The largest absolute Gasteiger partial charge is 0.384 e. The fourth-order valence-electron chi connectivity index (χ4n) is 1.53. The Labute approximate surface area is 101 Å². The van der Waals surface area contributed by atoms with Crippen molar-refractivity contribution in [2.45, 2.75) is 26.2 Å². The number of hydrogen-bond acceptors (Lipinski definition) is 5. The van der Waals surface area contributed by atoms with E-state index in [1.807, 2.05) is 7.05 Å². The van der Waals surface area contributed by atoms with Gasteiger partial charge in [-0.25, -0.2) is 0 Å². The predicted octanol–water partition coefficient (Wildman–Crippen LogP) is 1.52. The number of methoxy groups -OCH3 is 1. The molecule has 0 bridgehead atoms. The molecular formula is C11H21N3OS. The summed E-state index contributed by atoms with van der Waals surface area (Å²) in [4.78, 5) is 0. The van der Waals surface area contributed by atoms with E-state index in [1.54, 1.807) is 18.4 Å². The van der Waals surface area contributed by atoms with Crippen LogP contribution < -0.4 is 5.32 Å². The maximum Gasteiger partial charge on any atom is 0.117 e. The third-order valence-electron chi connectivity index (χ3n) is 2.30. The van der Waals surface area contributed by atoms with Crippen LogP contribution in [0.5, 0.6) is 0 Å². The van der Waals surface area contributed by atoms with Gasteiger partial charge in [-0.3, -0.25) is 0 Å². The summed E-state index contributed by atoms with van der Waals surface area (Å²) in [6, 6.07) is 0. The van der Waals surface area contributed by atoms with Crippen LogP contribution in [0.3, 0.4) is 0 Å². The normalized spacial score (nSPS) is 12.9. The van der Waals surface area contributed by atoms with E-state index in [-0.39, 0.29) is 0 Å². The molecule has 0 aliphatic rings. The van der Waals surface area contributed by atoms with Crippen LogP contribution in [0.4, 0.5) is 0 Å². The van der Waals surface area contributed by atoms with E-state index in [0.29, 0.717) is 5.92 Å². The third kappa shape index (κ3) is 5.01. The smallest absolute Gasteiger partial charge is 0.117 e. The zero-order valence-electron chi connectivity index (χ0n) is 10.3. The maximum atomic E-state index is 5.11. The van der Waals surface area contributed by atoms with Gasteiger partial charge in [-0.05, 0) is 25.9 Å². The Morgan fingerprint density at radius 1 is 1.38 bits per heavy atom. The molecule has 1 aromatic heterocycles. The second-order valence-electron chi connectivity index (χ2n) is 4.06. The number of ether oxygens (including phenoxy) is 1. The Hall–Kier alpha value is -0.520. The molecule has 1 N–H and O–H groups in total. The van der Waals surface area contributed by atoms with Gasteiger partial charge in [0.05, 0.1) is 0 Å². The van der Waals surface area contributed by atoms with Crippen molar-refractivity contribution in [1.29, 1.82) is 0 Å². The number of aryl methyl sites for hydroxylation is 1. The quantitative estimate of drug-likeness (QED) is 0.703. The lowest BCUT2D eigenvalue weighted by Gasteiger charge is -2.06. The molecule has 1 heterocycles. The van der Waals surface area contributed by atoms with Crippen LogP contribution in [0.15, 0.2) is 0 Å². The van der Waals surface area contributed by atoms with E-state index in [4.69, 9.17) is 4.74 Å². The topological polar surface area (TPSA) is 47.0 Å². The monoisotopic (exact) mass is 243 g/mol. The Balaban J connectivity index is 2.33. The van der Waals surface area contributed by atoms with E-state index >= 15 is 0 Å². The minimum absolute atomic E-state index is 0.517. The highest BCUT2D eigenvalue weighted by Crippen LogP contribution is 2.15. The number of nitrogens with one attached hydrogen (secondary N) is 1. The minimum atomic E-state index is 0.517. The Morgan fingerprint density at radius 3 is 2.81 bits per heavy atom. The molecule has 1 rings (SSSR count). The van der Waals surface area contributed by atoms with Crippen LogP contribution in [0.2, 0.25) is 0 Å². The molecule has 5 heteroatoms. The van der Waals surface area contributed by atoms with Crippen LogP contribution >= 0.6 is 11.3 Å². The minimum Gasteiger partial charge on any atom is -0.384 e. The zero-order chi connectivity index (χ0) is 11.8. The van der Waals surface area contributed by atoms with Gasteiger partial charge in [0.15, 0.2) is 0 Å². The molecule has 0 saturated carbocycles. The fraction of sp³-hybridized carbons (Fsp3) is 0.818. The SMILES string of the molecule is CNCCCc1nnc(CC(C)COC)s1. The number of hydrogen-bond donors (Lipinski definition) is 1. The average molecular weight is 243 g/mol. The third-order valence-corrected chi connectivity index (χ3v) is 3.31. The first-order valence-electron chi connectivity index (χ1n) is 5.71. The highest BCUT2D eigenvalue weighted by Gasteiger charge is 2.08. The molecule has 0 saturated heterocycles. The van der Waals surface area contributed by atoms with Crippen molar-refractivity contribution in [3.05, 3.63) is 10.0 Å². The highest BCUT2D eigenvalue weighted by molar-refractivity contribution is 7.11. The van der Waals surface area contributed by atoms with Crippen LogP contribution in [-0.4, -0.2) is 37.5 Å². The summed E-state index contributed by atoms with van der Waals surface area (Å²) < 4.78 is 5.11. The second kappa shape index (κ2) is 7.70. The van der Waals surface area contributed by atoms with Crippen molar-refractivity contribution in [2.75, 3.05) is 27.3 Å². The lowest BCUT2D eigenvalue weighted by molar-refractivity contribution is 0.159. The Kier molecular flexibility index (Phi) is 6.52. The van der Waals surface area contributed by atoms with Crippen molar-refractivity contribution in [3.63, 3.8) is 0 Å². The van der Waals surface area contributed by atoms with Gasteiger partial charge in [0, 0.05) is 26.6 Å². The molecule has 16 heavy (non-hydrogen) atoms. The first-order valence-corrected chi connectivity index (χ1v) is 6.52. The Bertz CT molecular complexity index is 291. The maximum absolute atomic E-state index is 5.11. The van der Waals surface area contributed by atoms with Crippen LogP contribution in [-0.2, 0) is 17.6 Å². The van der Waals surface area contributed by atoms with Gasteiger partial charge in [0.2, 0.25) is 0 Å². The molecule has 0 spiro atoms. The summed E-state index contributed by atoms with van der Waals surface area (Å²) in [6.45, 7) is 4.00. The molecule has 0 fully saturated rings. The summed E-state index contributed by atoms with van der Waals surface area (Å²) in [7, 11) is 3.71. The van der Waals surface area contributed by atoms with Gasteiger partial charge in [0.25, 0.3) is 0 Å². The van der Waals surface area contributed by atoms with E-state index in [9.17, 15) is 0 Å². The van der Waals surface area contributed by atoms with Crippen molar-refractivity contribution in [3.8, 4) is 0 Å². The van der Waals surface area contributed by atoms with Crippen LogP contribution in [0.25, 0.3) is 0 Å². The first-order chi connectivity index (χ1) is 7.76. The van der Waals surface area contributed by atoms with Gasteiger partial charge < -0.3 is 10.1 Å². The molecule has 92 valence electrons. The lowest BCUT2D eigenvalue weighted by atomic mass is 10.1.